The summed E-state index contributed by atoms with van der Waals surface area (Å²) in [6.45, 7) is 0. The average Bonchev–Trinajstić information content (AvgIpc) is 2.37. The summed E-state index contributed by atoms with van der Waals surface area (Å²) in [4.78, 5) is 18.8. The Morgan fingerprint density at radius 1 is 1.28 bits per heavy atom. The minimum atomic E-state index is -0.888. The van der Waals surface area contributed by atoms with E-state index in [1.165, 1.54) is 0 Å². The van der Waals surface area contributed by atoms with E-state index in [9.17, 15) is 4.79 Å². The lowest BCUT2D eigenvalue weighted by molar-refractivity contribution is -0.133. The van der Waals surface area contributed by atoms with Crippen molar-refractivity contribution in [2.24, 2.45) is 0 Å². The zero-order valence-corrected chi connectivity index (χ0v) is 10.8. The highest BCUT2D eigenvalue weighted by Gasteiger charge is 2.05. The second-order valence-electron chi connectivity index (χ2n) is 3.41. The van der Waals surface area contributed by atoms with Crippen molar-refractivity contribution in [2.75, 3.05) is 5.75 Å². The molecule has 92 valence electrons. The van der Waals surface area contributed by atoms with E-state index in [1.54, 1.807) is 24.4 Å². The van der Waals surface area contributed by atoms with Crippen molar-refractivity contribution in [3.63, 3.8) is 0 Å². The molecule has 0 bridgehead atoms. The van der Waals surface area contributed by atoms with Crippen molar-refractivity contribution in [1.29, 1.82) is 0 Å². The van der Waals surface area contributed by atoms with Gasteiger partial charge in [-0.2, -0.15) is 0 Å². The molecule has 0 unspecified atom stereocenters. The van der Waals surface area contributed by atoms with Crippen LogP contribution in [0.5, 0.6) is 0 Å². The number of hydrogen-bond acceptors (Lipinski definition) is 4. The molecular weight excluding hydrogens is 272 g/mol. The maximum absolute atomic E-state index is 10.5. The van der Waals surface area contributed by atoms with Crippen LogP contribution >= 0.6 is 23.4 Å². The Labute approximate surface area is 113 Å². The fourth-order valence-electron chi connectivity index (χ4n) is 1.32. The van der Waals surface area contributed by atoms with Crippen LogP contribution in [0.2, 0.25) is 5.02 Å². The van der Waals surface area contributed by atoms with E-state index in [1.807, 2.05) is 12.1 Å². The number of halogens is 1. The highest BCUT2D eigenvalue weighted by molar-refractivity contribution is 7.99. The molecular formula is C12H9ClN2O2S. The van der Waals surface area contributed by atoms with E-state index in [2.05, 4.69) is 9.97 Å². The molecule has 0 spiro atoms. The lowest BCUT2D eigenvalue weighted by Crippen LogP contribution is -1.99. The minimum Gasteiger partial charge on any atom is -0.481 e. The maximum Gasteiger partial charge on any atom is 0.313 e. The van der Waals surface area contributed by atoms with Gasteiger partial charge in [0.15, 0.2) is 5.16 Å². The molecule has 2 rings (SSSR count). The van der Waals surface area contributed by atoms with Crippen molar-refractivity contribution >= 4 is 29.3 Å². The summed E-state index contributed by atoms with van der Waals surface area (Å²) in [5, 5.41) is 9.71. The standard InChI is InChI=1S/C12H9ClN2O2S/c13-9-3-1-8(2-4-9)10-5-6-14-12(15-10)18-7-11(16)17/h1-6H,7H2,(H,16,17). The van der Waals surface area contributed by atoms with Crippen molar-refractivity contribution in [3.8, 4) is 11.3 Å². The zero-order chi connectivity index (χ0) is 13.0. The van der Waals surface area contributed by atoms with Crippen molar-refractivity contribution in [3.05, 3.63) is 41.6 Å². The molecule has 0 saturated heterocycles. The number of benzene rings is 1. The fraction of sp³-hybridized carbons (Fsp3) is 0.0833. The number of carboxylic acid groups (broad SMARTS) is 1. The van der Waals surface area contributed by atoms with Gasteiger partial charge in [-0.15, -0.1) is 0 Å². The van der Waals surface area contributed by atoms with Gasteiger partial charge < -0.3 is 5.11 Å². The number of carboxylic acids is 1. The molecule has 0 amide bonds. The van der Waals surface area contributed by atoms with Crippen LogP contribution in [-0.2, 0) is 4.79 Å². The lowest BCUT2D eigenvalue weighted by atomic mass is 10.1. The predicted molar refractivity (Wildman–Crippen MR) is 70.8 cm³/mol. The highest BCUT2D eigenvalue weighted by atomic mass is 35.5. The van der Waals surface area contributed by atoms with Crippen LogP contribution < -0.4 is 0 Å². The Morgan fingerprint density at radius 2 is 2.00 bits per heavy atom. The Morgan fingerprint density at radius 3 is 2.67 bits per heavy atom. The summed E-state index contributed by atoms with van der Waals surface area (Å²) in [6, 6.07) is 9.05. The quantitative estimate of drug-likeness (QED) is 0.689. The highest BCUT2D eigenvalue weighted by Crippen LogP contribution is 2.21. The van der Waals surface area contributed by atoms with E-state index in [0.717, 1.165) is 23.0 Å². The second kappa shape index (κ2) is 5.84. The first-order valence-corrected chi connectivity index (χ1v) is 6.45. The van der Waals surface area contributed by atoms with Gasteiger partial charge in [0.2, 0.25) is 0 Å². The van der Waals surface area contributed by atoms with E-state index >= 15 is 0 Å². The topological polar surface area (TPSA) is 63.1 Å². The molecule has 0 saturated carbocycles. The molecule has 0 aliphatic rings. The van der Waals surface area contributed by atoms with Gasteiger partial charge in [-0.1, -0.05) is 35.5 Å². The third-order valence-electron chi connectivity index (χ3n) is 2.10. The van der Waals surface area contributed by atoms with E-state index in [-0.39, 0.29) is 5.75 Å². The maximum atomic E-state index is 10.5. The van der Waals surface area contributed by atoms with E-state index in [4.69, 9.17) is 16.7 Å². The summed E-state index contributed by atoms with van der Waals surface area (Å²) in [5.41, 5.74) is 1.66. The average molecular weight is 281 g/mol. The van der Waals surface area contributed by atoms with Crippen LogP contribution in [0.15, 0.2) is 41.7 Å². The largest absolute Gasteiger partial charge is 0.481 e. The molecule has 1 aromatic heterocycles. The van der Waals surface area contributed by atoms with Gasteiger partial charge in [-0.25, -0.2) is 9.97 Å². The lowest BCUT2D eigenvalue weighted by Gasteiger charge is -2.02. The molecule has 0 aliphatic carbocycles. The molecule has 0 aliphatic heterocycles. The van der Waals surface area contributed by atoms with Crippen LogP contribution in [0.4, 0.5) is 0 Å². The zero-order valence-electron chi connectivity index (χ0n) is 9.21. The number of hydrogen-bond donors (Lipinski definition) is 1. The normalized spacial score (nSPS) is 10.3. The monoisotopic (exact) mass is 280 g/mol. The van der Waals surface area contributed by atoms with Gasteiger partial charge in [0.1, 0.15) is 0 Å². The van der Waals surface area contributed by atoms with Crippen LogP contribution in [0.3, 0.4) is 0 Å². The molecule has 4 nitrogen and oxygen atoms in total. The number of nitrogens with zero attached hydrogens (tertiary/aromatic N) is 2. The van der Waals surface area contributed by atoms with Gasteiger partial charge >= 0.3 is 5.97 Å². The van der Waals surface area contributed by atoms with Crippen molar-refractivity contribution in [2.45, 2.75) is 5.16 Å². The van der Waals surface area contributed by atoms with Gasteiger partial charge in [-0.05, 0) is 18.2 Å². The Hall–Kier alpha value is -1.59. The van der Waals surface area contributed by atoms with Crippen molar-refractivity contribution < 1.29 is 9.90 Å². The number of rotatable bonds is 4. The number of aromatic nitrogens is 2. The van der Waals surface area contributed by atoms with E-state index < -0.39 is 5.97 Å². The fourth-order valence-corrected chi connectivity index (χ4v) is 1.99. The number of aliphatic carboxylic acids is 1. The first-order valence-electron chi connectivity index (χ1n) is 5.09. The first-order chi connectivity index (χ1) is 8.65. The summed E-state index contributed by atoms with van der Waals surface area (Å²) < 4.78 is 0. The Kier molecular flexibility index (Phi) is 4.17. The number of thioether (sulfide) groups is 1. The smallest absolute Gasteiger partial charge is 0.313 e. The first kappa shape index (κ1) is 12.9. The van der Waals surface area contributed by atoms with Crippen LogP contribution in [0.25, 0.3) is 11.3 Å². The molecule has 1 N–H and O–H groups in total. The van der Waals surface area contributed by atoms with Crippen LogP contribution in [-0.4, -0.2) is 26.8 Å². The molecule has 6 heteroatoms. The third-order valence-corrected chi connectivity index (χ3v) is 3.20. The molecule has 1 aromatic carbocycles. The second-order valence-corrected chi connectivity index (χ2v) is 4.79. The summed E-state index contributed by atoms with van der Waals surface area (Å²) in [7, 11) is 0. The van der Waals surface area contributed by atoms with Gasteiger partial charge in [0.25, 0.3) is 0 Å². The van der Waals surface area contributed by atoms with Gasteiger partial charge in [0, 0.05) is 16.8 Å². The summed E-state index contributed by atoms with van der Waals surface area (Å²) in [6.07, 6.45) is 1.61. The summed E-state index contributed by atoms with van der Waals surface area (Å²) >= 11 is 6.91. The Balaban J connectivity index is 2.21. The molecule has 0 radical (unpaired) electrons. The minimum absolute atomic E-state index is 0.0515. The summed E-state index contributed by atoms with van der Waals surface area (Å²) in [5.74, 6) is -0.940. The number of carbonyl (C=O) groups is 1. The third kappa shape index (κ3) is 3.45. The van der Waals surface area contributed by atoms with Gasteiger partial charge in [0.05, 0.1) is 11.4 Å². The van der Waals surface area contributed by atoms with Crippen molar-refractivity contribution in [1.82, 2.24) is 9.97 Å². The SMILES string of the molecule is O=C(O)CSc1nccc(-c2ccc(Cl)cc2)n1. The Bertz CT molecular complexity index is 560. The van der Waals surface area contributed by atoms with Crippen LogP contribution in [0, 0.1) is 0 Å². The van der Waals surface area contributed by atoms with E-state index in [0.29, 0.717) is 10.2 Å². The van der Waals surface area contributed by atoms with Crippen LogP contribution in [0.1, 0.15) is 0 Å². The molecule has 0 fully saturated rings. The predicted octanol–water partition coefficient (Wildman–Crippen LogP) is 2.97. The molecule has 2 aromatic rings. The molecule has 0 atom stereocenters. The molecule has 1 heterocycles. The molecule has 18 heavy (non-hydrogen) atoms. The van der Waals surface area contributed by atoms with Gasteiger partial charge in [-0.3, -0.25) is 4.79 Å².